The molecular formula is C16H11BrN2. The third kappa shape index (κ3) is 1.94. The van der Waals surface area contributed by atoms with Gasteiger partial charge < -0.3 is 4.57 Å². The Hall–Kier alpha value is -2.05. The first-order valence-electron chi connectivity index (χ1n) is 5.99. The van der Waals surface area contributed by atoms with Crippen LogP contribution in [0.1, 0.15) is 11.1 Å². The first-order valence-corrected chi connectivity index (χ1v) is 7.11. The molecule has 92 valence electrons. The maximum absolute atomic E-state index is 9.24. The van der Waals surface area contributed by atoms with Gasteiger partial charge in [0.2, 0.25) is 0 Å². The first-order chi connectivity index (χ1) is 9.35. The summed E-state index contributed by atoms with van der Waals surface area (Å²) in [6.07, 6.45) is 2.09. The molecule has 1 heterocycles. The van der Waals surface area contributed by atoms with Gasteiger partial charge >= 0.3 is 0 Å². The molecular weight excluding hydrogens is 300 g/mol. The van der Waals surface area contributed by atoms with Crippen molar-refractivity contribution in [3.8, 4) is 11.8 Å². The lowest BCUT2D eigenvalue weighted by atomic mass is 10.2. The molecule has 3 heteroatoms. The van der Waals surface area contributed by atoms with Crippen molar-refractivity contribution in [2.45, 2.75) is 5.33 Å². The van der Waals surface area contributed by atoms with E-state index in [-0.39, 0.29) is 0 Å². The highest BCUT2D eigenvalue weighted by Gasteiger charge is 2.10. The number of alkyl halides is 1. The average molecular weight is 311 g/mol. The van der Waals surface area contributed by atoms with Crippen LogP contribution in [0.25, 0.3) is 16.6 Å². The van der Waals surface area contributed by atoms with Gasteiger partial charge in [0.1, 0.15) is 6.07 Å². The molecule has 0 N–H and O–H groups in total. The number of rotatable bonds is 2. The summed E-state index contributed by atoms with van der Waals surface area (Å²) in [6.45, 7) is 0. The largest absolute Gasteiger partial charge is 0.315 e. The van der Waals surface area contributed by atoms with E-state index in [1.54, 1.807) is 0 Å². The van der Waals surface area contributed by atoms with Crippen LogP contribution in [-0.2, 0) is 5.33 Å². The average Bonchev–Trinajstić information content (AvgIpc) is 2.86. The normalized spacial score (nSPS) is 10.5. The standard InChI is InChI=1S/C16H11BrN2/c17-9-13-11-19(16-8-4-2-6-14(13)16)15-7-3-1-5-12(15)10-18/h1-8,11H,9H2. The van der Waals surface area contributed by atoms with Crippen molar-refractivity contribution in [3.05, 3.63) is 65.9 Å². The van der Waals surface area contributed by atoms with Crippen LogP contribution in [-0.4, -0.2) is 4.57 Å². The van der Waals surface area contributed by atoms with Gasteiger partial charge in [0, 0.05) is 16.9 Å². The molecule has 0 aliphatic rings. The van der Waals surface area contributed by atoms with Crippen molar-refractivity contribution in [2.75, 3.05) is 0 Å². The first kappa shape index (κ1) is 12.0. The predicted octanol–water partition coefficient (Wildman–Crippen LogP) is 4.40. The fourth-order valence-corrected chi connectivity index (χ4v) is 2.78. The zero-order valence-corrected chi connectivity index (χ0v) is 11.8. The Morgan fingerprint density at radius 1 is 1.05 bits per heavy atom. The summed E-state index contributed by atoms with van der Waals surface area (Å²) in [5.41, 5.74) is 3.96. The van der Waals surface area contributed by atoms with Gasteiger partial charge in [0.15, 0.2) is 0 Å². The summed E-state index contributed by atoms with van der Waals surface area (Å²) in [5, 5.41) is 11.3. The minimum Gasteiger partial charge on any atom is -0.315 e. The number of hydrogen-bond donors (Lipinski definition) is 0. The molecule has 1 aromatic heterocycles. The molecule has 0 spiro atoms. The fraction of sp³-hybridized carbons (Fsp3) is 0.0625. The van der Waals surface area contributed by atoms with Gasteiger partial charge in [-0.25, -0.2) is 0 Å². The van der Waals surface area contributed by atoms with Crippen molar-refractivity contribution in [1.29, 1.82) is 5.26 Å². The molecule has 0 saturated carbocycles. The number of fused-ring (bicyclic) bond motifs is 1. The highest BCUT2D eigenvalue weighted by Crippen LogP contribution is 2.27. The smallest absolute Gasteiger partial charge is 0.101 e. The lowest BCUT2D eigenvalue weighted by Gasteiger charge is -2.06. The SMILES string of the molecule is N#Cc1ccccc1-n1cc(CBr)c2ccccc21. The molecule has 0 fully saturated rings. The van der Waals surface area contributed by atoms with Crippen LogP contribution in [0.4, 0.5) is 0 Å². The van der Waals surface area contributed by atoms with Gasteiger partial charge in [-0.3, -0.25) is 0 Å². The molecule has 2 aromatic carbocycles. The summed E-state index contributed by atoms with van der Waals surface area (Å²) in [7, 11) is 0. The minimum absolute atomic E-state index is 0.685. The van der Waals surface area contributed by atoms with E-state index in [1.807, 2.05) is 36.4 Å². The molecule has 0 aliphatic heterocycles. The van der Waals surface area contributed by atoms with Crippen LogP contribution >= 0.6 is 15.9 Å². The van der Waals surface area contributed by atoms with Crippen LogP contribution in [0.3, 0.4) is 0 Å². The summed E-state index contributed by atoms with van der Waals surface area (Å²) in [4.78, 5) is 0. The second-order valence-corrected chi connectivity index (χ2v) is 4.86. The highest BCUT2D eigenvalue weighted by molar-refractivity contribution is 9.08. The van der Waals surface area contributed by atoms with E-state index < -0.39 is 0 Å². The predicted molar refractivity (Wildman–Crippen MR) is 80.6 cm³/mol. The van der Waals surface area contributed by atoms with Gasteiger partial charge in [-0.15, -0.1) is 0 Å². The number of benzene rings is 2. The van der Waals surface area contributed by atoms with E-state index >= 15 is 0 Å². The second kappa shape index (κ2) is 4.91. The Kier molecular flexibility index (Phi) is 3.10. The van der Waals surface area contributed by atoms with E-state index in [9.17, 15) is 5.26 Å². The lowest BCUT2D eigenvalue weighted by molar-refractivity contribution is 1.11. The Bertz CT molecular complexity index is 781. The molecule has 0 atom stereocenters. The molecule has 3 rings (SSSR count). The molecule has 0 unspecified atom stereocenters. The maximum Gasteiger partial charge on any atom is 0.101 e. The van der Waals surface area contributed by atoms with E-state index in [2.05, 4.69) is 44.9 Å². The molecule has 3 aromatic rings. The van der Waals surface area contributed by atoms with Gasteiger partial charge in [0.05, 0.1) is 16.8 Å². The molecule has 0 aliphatic carbocycles. The van der Waals surface area contributed by atoms with Crippen LogP contribution in [0.5, 0.6) is 0 Å². The molecule has 19 heavy (non-hydrogen) atoms. The zero-order chi connectivity index (χ0) is 13.2. The number of hydrogen-bond acceptors (Lipinski definition) is 1. The number of para-hydroxylation sites is 2. The summed E-state index contributed by atoms with van der Waals surface area (Å²) >= 11 is 3.52. The summed E-state index contributed by atoms with van der Waals surface area (Å²) in [5.74, 6) is 0. The van der Waals surface area contributed by atoms with E-state index in [4.69, 9.17) is 0 Å². The highest BCUT2D eigenvalue weighted by atomic mass is 79.9. The minimum atomic E-state index is 0.685. The van der Waals surface area contributed by atoms with Crippen LogP contribution in [0.15, 0.2) is 54.7 Å². The van der Waals surface area contributed by atoms with E-state index in [0.717, 1.165) is 16.5 Å². The van der Waals surface area contributed by atoms with Crippen molar-refractivity contribution >= 4 is 26.8 Å². The van der Waals surface area contributed by atoms with Gasteiger partial charge in [-0.2, -0.15) is 5.26 Å². The van der Waals surface area contributed by atoms with Crippen LogP contribution in [0, 0.1) is 11.3 Å². The van der Waals surface area contributed by atoms with Crippen molar-refractivity contribution < 1.29 is 0 Å². The number of aromatic nitrogens is 1. The lowest BCUT2D eigenvalue weighted by Crippen LogP contribution is -1.95. The summed E-state index contributed by atoms with van der Waals surface area (Å²) < 4.78 is 2.09. The van der Waals surface area contributed by atoms with Crippen LogP contribution in [0.2, 0.25) is 0 Å². The number of nitrogens with zero attached hydrogens (tertiary/aromatic N) is 2. The Morgan fingerprint density at radius 2 is 1.79 bits per heavy atom. The molecule has 2 nitrogen and oxygen atoms in total. The fourth-order valence-electron chi connectivity index (χ4n) is 2.33. The monoisotopic (exact) mass is 310 g/mol. The van der Waals surface area contributed by atoms with Gasteiger partial charge in [-0.1, -0.05) is 46.3 Å². The quantitative estimate of drug-likeness (QED) is 0.645. The molecule has 0 bridgehead atoms. The van der Waals surface area contributed by atoms with Crippen molar-refractivity contribution in [1.82, 2.24) is 4.57 Å². The number of halogens is 1. The topological polar surface area (TPSA) is 28.7 Å². The maximum atomic E-state index is 9.24. The molecule has 0 amide bonds. The van der Waals surface area contributed by atoms with Gasteiger partial charge in [0.25, 0.3) is 0 Å². The third-order valence-electron chi connectivity index (χ3n) is 3.22. The van der Waals surface area contributed by atoms with Gasteiger partial charge in [-0.05, 0) is 23.8 Å². The molecule has 0 saturated heterocycles. The zero-order valence-electron chi connectivity index (χ0n) is 10.2. The Morgan fingerprint density at radius 3 is 2.58 bits per heavy atom. The Labute approximate surface area is 120 Å². The second-order valence-electron chi connectivity index (χ2n) is 4.30. The Balaban J connectivity index is 2.35. The van der Waals surface area contributed by atoms with Crippen molar-refractivity contribution in [2.24, 2.45) is 0 Å². The van der Waals surface area contributed by atoms with E-state index in [0.29, 0.717) is 5.56 Å². The van der Waals surface area contributed by atoms with Crippen molar-refractivity contribution in [3.63, 3.8) is 0 Å². The summed E-state index contributed by atoms with van der Waals surface area (Å²) in [6, 6.07) is 18.2. The number of nitriles is 1. The molecule has 0 radical (unpaired) electrons. The van der Waals surface area contributed by atoms with E-state index in [1.165, 1.54) is 10.9 Å². The van der Waals surface area contributed by atoms with Crippen LogP contribution < -0.4 is 0 Å². The third-order valence-corrected chi connectivity index (χ3v) is 3.83.